The normalized spacial score (nSPS) is 14.4. The summed E-state index contributed by atoms with van der Waals surface area (Å²) in [7, 11) is 0. The van der Waals surface area contributed by atoms with E-state index >= 15 is 0 Å². The molecule has 0 bridgehead atoms. The molecule has 0 radical (unpaired) electrons. The van der Waals surface area contributed by atoms with Gasteiger partial charge in [-0.3, -0.25) is 14.4 Å². The second-order valence-corrected chi connectivity index (χ2v) is 10.9. The van der Waals surface area contributed by atoms with Crippen molar-refractivity contribution in [2.24, 2.45) is 17.4 Å². The molecule has 1 aromatic carbocycles. The highest BCUT2D eigenvalue weighted by Gasteiger charge is 2.32. The third-order valence-electron chi connectivity index (χ3n) is 6.51. The molecule has 2 aromatic rings. The van der Waals surface area contributed by atoms with Crippen LogP contribution in [0, 0.1) is 5.92 Å². The predicted molar refractivity (Wildman–Crippen MR) is 154 cm³/mol. The van der Waals surface area contributed by atoms with Crippen LogP contribution in [-0.4, -0.2) is 76.5 Å². The third kappa shape index (κ3) is 9.86. The maximum Gasteiger partial charge on any atom is 0.326 e. The van der Waals surface area contributed by atoms with Crippen molar-refractivity contribution in [1.82, 2.24) is 20.9 Å². The maximum atomic E-state index is 13.5. The summed E-state index contributed by atoms with van der Waals surface area (Å²) in [5.74, 6) is -2.43. The monoisotopic (exact) mass is 562 g/mol. The molecule has 0 saturated carbocycles. The lowest BCUT2D eigenvalue weighted by Gasteiger charge is -2.27. The molecule has 2 rings (SSSR count). The van der Waals surface area contributed by atoms with Gasteiger partial charge in [0.15, 0.2) is 0 Å². The van der Waals surface area contributed by atoms with Crippen molar-refractivity contribution in [3.8, 4) is 0 Å². The van der Waals surface area contributed by atoms with E-state index in [0.717, 1.165) is 16.5 Å². The molecule has 1 heterocycles. The van der Waals surface area contributed by atoms with Crippen molar-refractivity contribution in [3.63, 3.8) is 0 Å². The number of carbonyl (C=O) groups excluding carboxylic acids is 3. The van der Waals surface area contributed by atoms with Crippen molar-refractivity contribution < 1.29 is 24.3 Å². The number of nitrogens with one attached hydrogen (secondary N) is 4. The summed E-state index contributed by atoms with van der Waals surface area (Å²) in [5.41, 5.74) is 13.3. The van der Waals surface area contributed by atoms with Gasteiger partial charge in [-0.15, -0.1) is 0 Å². The highest BCUT2D eigenvalue weighted by Crippen LogP contribution is 2.19. The van der Waals surface area contributed by atoms with E-state index in [-0.39, 0.29) is 18.8 Å². The van der Waals surface area contributed by atoms with E-state index < -0.39 is 47.9 Å². The lowest BCUT2D eigenvalue weighted by molar-refractivity contribution is -0.142. The quantitative estimate of drug-likeness (QED) is 0.139. The van der Waals surface area contributed by atoms with E-state index in [2.05, 4.69) is 20.9 Å². The number of thioether (sulfide) groups is 1. The van der Waals surface area contributed by atoms with Crippen LogP contribution in [0.4, 0.5) is 0 Å². The van der Waals surface area contributed by atoms with Crippen LogP contribution in [0.1, 0.15) is 45.1 Å². The smallest absolute Gasteiger partial charge is 0.326 e. The first-order valence-electron chi connectivity index (χ1n) is 13.2. The summed E-state index contributed by atoms with van der Waals surface area (Å²) in [6.45, 7) is 3.93. The van der Waals surface area contributed by atoms with E-state index in [0.29, 0.717) is 31.6 Å². The van der Waals surface area contributed by atoms with Gasteiger partial charge in [0.25, 0.3) is 0 Å². The minimum Gasteiger partial charge on any atom is -0.480 e. The van der Waals surface area contributed by atoms with E-state index in [1.807, 2.05) is 30.5 Å². The van der Waals surface area contributed by atoms with Crippen LogP contribution in [0.5, 0.6) is 0 Å². The van der Waals surface area contributed by atoms with Gasteiger partial charge in [-0.1, -0.05) is 32.0 Å². The van der Waals surface area contributed by atoms with Crippen LogP contribution in [0.15, 0.2) is 30.5 Å². The number of nitrogens with two attached hydrogens (primary N) is 2. The molecule has 4 atom stereocenters. The van der Waals surface area contributed by atoms with Gasteiger partial charge >= 0.3 is 5.97 Å². The lowest BCUT2D eigenvalue weighted by Crippen LogP contribution is -2.58. The van der Waals surface area contributed by atoms with Crippen LogP contribution in [-0.2, 0) is 25.6 Å². The molecule has 1 aromatic heterocycles. The minimum absolute atomic E-state index is 0.167. The number of H-pyrrole nitrogens is 1. The molecule has 4 unspecified atom stereocenters. The maximum absolute atomic E-state index is 13.5. The van der Waals surface area contributed by atoms with E-state index in [1.54, 1.807) is 31.8 Å². The predicted octanol–water partition coefficient (Wildman–Crippen LogP) is 1.11. The number of fused-ring (bicyclic) bond motifs is 1. The first-order valence-corrected chi connectivity index (χ1v) is 14.6. The Morgan fingerprint density at radius 1 is 0.974 bits per heavy atom. The van der Waals surface area contributed by atoms with Crippen LogP contribution in [0.2, 0.25) is 0 Å². The fourth-order valence-corrected chi connectivity index (χ4v) is 4.67. The molecule has 0 aliphatic carbocycles. The van der Waals surface area contributed by atoms with Gasteiger partial charge < -0.3 is 37.5 Å². The fourth-order valence-electron chi connectivity index (χ4n) is 4.18. The molecule has 12 heteroatoms. The van der Waals surface area contributed by atoms with Crippen molar-refractivity contribution in [1.29, 1.82) is 0 Å². The second kappa shape index (κ2) is 16.1. The Morgan fingerprint density at radius 3 is 2.31 bits per heavy atom. The highest BCUT2D eigenvalue weighted by atomic mass is 32.2. The number of aliphatic carboxylic acids is 1. The average molecular weight is 563 g/mol. The first-order chi connectivity index (χ1) is 18.6. The number of carboxylic acids is 1. The van der Waals surface area contributed by atoms with Crippen LogP contribution < -0.4 is 27.4 Å². The van der Waals surface area contributed by atoms with Crippen molar-refractivity contribution in [3.05, 3.63) is 36.0 Å². The SMILES string of the molecule is CSCCC(N)C(=O)NC(Cc1c[nH]c2ccccc12)C(=O)NC(C(=O)NC(CCCCN)C(=O)O)C(C)C. The molecule has 9 N–H and O–H groups in total. The van der Waals surface area contributed by atoms with Gasteiger partial charge in [0.1, 0.15) is 18.1 Å². The molecule has 0 spiro atoms. The lowest BCUT2D eigenvalue weighted by atomic mass is 9.99. The Kier molecular flexibility index (Phi) is 13.3. The number of benzene rings is 1. The summed E-state index contributed by atoms with van der Waals surface area (Å²) >= 11 is 1.57. The van der Waals surface area contributed by atoms with Crippen molar-refractivity contribution in [2.75, 3.05) is 18.6 Å². The van der Waals surface area contributed by atoms with Crippen molar-refractivity contribution in [2.45, 2.75) is 70.1 Å². The van der Waals surface area contributed by atoms with Gasteiger partial charge in [-0.2, -0.15) is 11.8 Å². The summed E-state index contributed by atoms with van der Waals surface area (Å²) in [6, 6.07) is 3.71. The fraction of sp³-hybridized carbons (Fsp3) is 0.556. The molecular formula is C27H42N6O5S. The second-order valence-electron chi connectivity index (χ2n) is 9.93. The standard InChI is InChI=1S/C27H42N6O5S/c1-16(2)23(26(36)31-21(27(37)38)10-6-7-12-28)33-25(35)22(32-24(34)19(29)11-13-39-3)14-17-15-30-20-9-5-4-8-18(17)20/h4-5,8-9,15-16,19,21-23,30H,6-7,10-14,28-29H2,1-3H3,(H,31,36)(H,32,34)(H,33,35)(H,37,38). The number of carbonyl (C=O) groups is 4. The first kappa shape index (κ1) is 32.1. The number of amides is 3. The van der Waals surface area contributed by atoms with E-state index in [4.69, 9.17) is 11.5 Å². The molecule has 3 amide bonds. The number of unbranched alkanes of at least 4 members (excludes halogenated alkanes) is 1. The largest absolute Gasteiger partial charge is 0.480 e. The highest BCUT2D eigenvalue weighted by molar-refractivity contribution is 7.98. The molecule has 0 aliphatic heterocycles. The molecular weight excluding hydrogens is 520 g/mol. The zero-order valence-electron chi connectivity index (χ0n) is 22.9. The van der Waals surface area contributed by atoms with Crippen LogP contribution >= 0.6 is 11.8 Å². The summed E-state index contributed by atoms with van der Waals surface area (Å²) in [6.07, 6.45) is 5.73. The van der Waals surface area contributed by atoms with E-state index in [9.17, 15) is 24.3 Å². The topological polar surface area (TPSA) is 192 Å². The zero-order valence-corrected chi connectivity index (χ0v) is 23.7. The molecule has 0 aliphatic rings. The average Bonchev–Trinajstić information content (AvgIpc) is 3.31. The molecule has 39 heavy (non-hydrogen) atoms. The number of aromatic amines is 1. The van der Waals surface area contributed by atoms with Crippen molar-refractivity contribution >= 4 is 46.4 Å². The Hall–Kier alpha value is -3.09. The number of para-hydroxylation sites is 1. The zero-order chi connectivity index (χ0) is 28.9. The van der Waals surface area contributed by atoms with Gasteiger partial charge in [0.05, 0.1) is 6.04 Å². The number of carboxylic acid groups (broad SMARTS) is 1. The number of hydrogen-bond acceptors (Lipinski definition) is 7. The Bertz CT molecular complexity index is 1110. The summed E-state index contributed by atoms with van der Waals surface area (Å²) in [5, 5.41) is 18.5. The van der Waals surface area contributed by atoms with Gasteiger partial charge in [-0.25, -0.2) is 4.79 Å². The van der Waals surface area contributed by atoms with Gasteiger partial charge in [0, 0.05) is 23.5 Å². The Labute approximate surface area is 233 Å². The van der Waals surface area contributed by atoms with Gasteiger partial charge in [-0.05, 0) is 61.8 Å². The third-order valence-corrected chi connectivity index (χ3v) is 7.15. The van der Waals surface area contributed by atoms with Crippen LogP contribution in [0.3, 0.4) is 0 Å². The van der Waals surface area contributed by atoms with Crippen LogP contribution in [0.25, 0.3) is 10.9 Å². The summed E-state index contributed by atoms with van der Waals surface area (Å²) < 4.78 is 0. The molecule has 0 saturated heterocycles. The van der Waals surface area contributed by atoms with Gasteiger partial charge in [0.2, 0.25) is 17.7 Å². The Balaban J connectivity index is 2.23. The number of aromatic nitrogens is 1. The number of rotatable bonds is 17. The Morgan fingerprint density at radius 2 is 1.67 bits per heavy atom. The summed E-state index contributed by atoms with van der Waals surface area (Å²) in [4.78, 5) is 54.4. The molecule has 11 nitrogen and oxygen atoms in total. The van der Waals surface area contributed by atoms with E-state index in [1.165, 1.54) is 0 Å². The minimum atomic E-state index is -1.15. The molecule has 216 valence electrons. The molecule has 0 fully saturated rings. The number of hydrogen-bond donors (Lipinski definition) is 7.